The first kappa shape index (κ1) is 32.2. The maximum absolute atomic E-state index is 2.35. The number of hydrogen-bond acceptors (Lipinski definition) is 0. The van der Waals surface area contributed by atoms with Crippen molar-refractivity contribution in [3.8, 4) is 0 Å². The summed E-state index contributed by atoms with van der Waals surface area (Å²) in [5, 5.41) is 0. The number of quaternary nitrogens is 1. The molecule has 0 rings (SSSR count). The molecule has 0 heterocycles. The van der Waals surface area contributed by atoms with E-state index in [2.05, 4.69) is 48.5 Å². The molecule has 30 heavy (non-hydrogen) atoms. The molecule has 0 aliphatic heterocycles. The lowest BCUT2D eigenvalue weighted by Gasteiger charge is -2.40. The lowest BCUT2D eigenvalue weighted by atomic mass is 9.17. The van der Waals surface area contributed by atoms with E-state index in [4.69, 9.17) is 0 Å². The summed E-state index contributed by atoms with van der Waals surface area (Å²) in [4.78, 5) is 1.84. The van der Waals surface area contributed by atoms with E-state index in [1.165, 1.54) is 110 Å². The van der Waals surface area contributed by atoms with Crippen LogP contribution in [0.4, 0.5) is 0 Å². The second-order valence-electron chi connectivity index (χ2n) is 10.4. The van der Waals surface area contributed by atoms with Gasteiger partial charge in [0.05, 0.1) is 19.6 Å². The highest BCUT2D eigenvalue weighted by molar-refractivity contribution is 6.79. The molecule has 1 nitrogen and oxygen atoms in total. The maximum atomic E-state index is 2.35. The second kappa shape index (κ2) is 25.3. The van der Waals surface area contributed by atoms with Crippen LogP contribution < -0.4 is 4.90 Å². The summed E-state index contributed by atoms with van der Waals surface area (Å²) in [6.45, 7) is 20.5. The first-order valence-corrected chi connectivity index (χ1v) is 14.6. The van der Waals surface area contributed by atoms with Crippen LogP contribution in [0.5, 0.6) is 0 Å². The van der Waals surface area contributed by atoms with Crippen molar-refractivity contribution in [2.45, 2.75) is 164 Å². The molecule has 0 aromatic carbocycles. The first-order valence-electron chi connectivity index (χ1n) is 14.6. The van der Waals surface area contributed by atoms with E-state index in [9.17, 15) is 0 Å². The smallest absolute Gasteiger partial charge is 0.0770 e. The quantitative estimate of drug-likeness (QED) is 0.175. The summed E-state index contributed by atoms with van der Waals surface area (Å²) < 4.78 is 0. The minimum Gasteiger partial charge on any atom is -0.335 e. The zero-order valence-electron chi connectivity index (χ0n) is 22.9. The Labute approximate surface area is 194 Å². The largest absolute Gasteiger partial charge is 0.335 e. The van der Waals surface area contributed by atoms with Gasteiger partial charge in [-0.1, -0.05) is 119 Å². The highest BCUT2D eigenvalue weighted by Crippen LogP contribution is 2.33. The lowest BCUT2D eigenvalue weighted by Crippen LogP contribution is -3.12. The Balaban J connectivity index is 0. The van der Waals surface area contributed by atoms with E-state index in [0.717, 1.165) is 0 Å². The standard InChI is InChI=1S/C16H36B.C12H27N/c1-5-9-13-17(14-10-6-2,15-11-7-3)16-12-8-4;1-4-7-10-13(11-8-5-2)12-9-6-3/h5-16H2,1-4H3;4-12H2,1-3H3/q-1;/p+1. The van der Waals surface area contributed by atoms with Crippen LogP contribution in [0.3, 0.4) is 0 Å². The van der Waals surface area contributed by atoms with Gasteiger partial charge >= 0.3 is 0 Å². The monoisotopic (exact) mass is 426 g/mol. The van der Waals surface area contributed by atoms with Crippen LogP contribution in [0.25, 0.3) is 0 Å². The third-order valence-electron chi connectivity index (χ3n) is 7.33. The van der Waals surface area contributed by atoms with Gasteiger partial charge in [0, 0.05) is 6.15 Å². The van der Waals surface area contributed by atoms with Gasteiger partial charge in [0.15, 0.2) is 0 Å². The Kier molecular flexibility index (Phi) is 27.1. The molecule has 0 bridgehead atoms. The molecule has 184 valence electrons. The molecular weight excluding hydrogens is 361 g/mol. The highest BCUT2D eigenvalue weighted by atomic mass is 15.1. The van der Waals surface area contributed by atoms with E-state index >= 15 is 0 Å². The van der Waals surface area contributed by atoms with Gasteiger partial charge in [0.1, 0.15) is 0 Å². The first-order chi connectivity index (χ1) is 14.6. The topological polar surface area (TPSA) is 4.44 Å². The van der Waals surface area contributed by atoms with E-state index < -0.39 is 0 Å². The minimum atomic E-state index is -0.00722. The average Bonchev–Trinajstić information content (AvgIpc) is 2.78. The minimum absolute atomic E-state index is 0.00722. The van der Waals surface area contributed by atoms with Crippen molar-refractivity contribution >= 4 is 6.15 Å². The summed E-state index contributed by atoms with van der Waals surface area (Å²) in [7, 11) is 0. The summed E-state index contributed by atoms with van der Waals surface area (Å²) in [6.07, 6.45) is 25.9. The SMILES string of the molecule is CCCC[B-](CCCC)(CCCC)CCCC.CCCC[NH+](CCCC)CCCC. The Bertz CT molecular complexity index is 248. The van der Waals surface area contributed by atoms with Gasteiger partial charge < -0.3 is 4.90 Å². The normalized spacial score (nSPS) is 11.6. The van der Waals surface area contributed by atoms with Gasteiger partial charge in [-0.15, -0.1) is 0 Å². The van der Waals surface area contributed by atoms with Crippen LogP contribution in [-0.2, 0) is 0 Å². The summed E-state index contributed by atoms with van der Waals surface area (Å²) in [5.41, 5.74) is 0. The van der Waals surface area contributed by atoms with Crippen molar-refractivity contribution in [1.82, 2.24) is 0 Å². The third-order valence-corrected chi connectivity index (χ3v) is 7.33. The fraction of sp³-hybridized carbons (Fsp3) is 1.00. The van der Waals surface area contributed by atoms with Crippen LogP contribution in [-0.4, -0.2) is 25.8 Å². The molecular formula is C28H64BN. The zero-order valence-corrected chi connectivity index (χ0v) is 22.9. The van der Waals surface area contributed by atoms with E-state index in [0.29, 0.717) is 0 Å². The summed E-state index contributed by atoms with van der Waals surface area (Å²) in [6, 6.07) is 0. The van der Waals surface area contributed by atoms with Crippen LogP contribution in [0.1, 0.15) is 138 Å². The van der Waals surface area contributed by atoms with Crippen molar-refractivity contribution in [3.05, 3.63) is 0 Å². The Morgan fingerprint density at radius 3 is 0.800 bits per heavy atom. The molecule has 0 aromatic heterocycles. The molecule has 2 heteroatoms. The Morgan fingerprint density at radius 1 is 0.367 bits per heavy atom. The van der Waals surface area contributed by atoms with Gasteiger partial charge in [0.2, 0.25) is 0 Å². The van der Waals surface area contributed by atoms with Gasteiger partial charge in [-0.2, -0.15) is 25.3 Å². The van der Waals surface area contributed by atoms with Crippen LogP contribution >= 0.6 is 0 Å². The van der Waals surface area contributed by atoms with Crippen molar-refractivity contribution in [3.63, 3.8) is 0 Å². The molecule has 0 saturated heterocycles. The number of unbranched alkanes of at least 4 members (excludes halogenated alkanes) is 7. The molecule has 0 spiro atoms. The molecule has 0 aromatic rings. The van der Waals surface area contributed by atoms with E-state index in [1.54, 1.807) is 25.3 Å². The average molecular weight is 426 g/mol. The summed E-state index contributed by atoms with van der Waals surface area (Å²) >= 11 is 0. The van der Waals surface area contributed by atoms with Crippen molar-refractivity contribution in [1.29, 1.82) is 0 Å². The molecule has 0 saturated carbocycles. The lowest BCUT2D eigenvalue weighted by molar-refractivity contribution is -0.900. The van der Waals surface area contributed by atoms with Crippen molar-refractivity contribution < 1.29 is 4.90 Å². The predicted molar refractivity (Wildman–Crippen MR) is 145 cm³/mol. The summed E-state index contributed by atoms with van der Waals surface area (Å²) in [5.74, 6) is 0. The molecule has 0 fully saturated rings. The van der Waals surface area contributed by atoms with Crippen molar-refractivity contribution in [2.75, 3.05) is 19.6 Å². The zero-order chi connectivity index (χ0) is 22.9. The molecule has 0 aliphatic carbocycles. The van der Waals surface area contributed by atoms with Crippen molar-refractivity contribution in [2.24, 2.45) is 0 Å². The van der Waals surface area contributed by atoms with Crippen LogP contribution in [0.2, 0.25) is 25.3 Å². The molecule has 0 amide bonds. The molecule has 1 N–H and O–H groups in total. The van der Waals surface area contributed by atoms with Gasteiger partial charge in [-0.05, 0) is 19.3 Å². The van der Waals surface area contributed by atoms with Gasteiger partial charge in [-0.25, -0.2) is 0 Å². The Morgan fingerprint density at radius 2 is 0.600 bits per heavy atom. The van der Waals surface area contributed by atoms with Crippen LogP contribution in [0.15, 0.2) is 0 Å². The third kappa shape index (κ3) is 20.0. The van der Waals surface area contributed by atoms with E-state index in [-0.39, 0.29) is 6.15 Å². The van der Waals surface area contributed by atoms with Gasteiger partial charge in [-0.3, -0.25) is 0 Å². The van der Waals surface area contributed by atoms with Crippen LogP contribution in [0, 0.1) is 0 Å². The molecule has 0 aliphatic rings. The molecule has 0 unspecified atom stereocenters. The maximum Gasteiger partial charge on any atom is 0.0770 e. The number of nitrogens with one attached hydrogen (secondary N) is 1. The van der Waals surface area contributed by atoms with E-state index in [1.807, 2.05) is 4.90 Å². The molecule has 0 radical (unpaired) electrons. The number of rotatable bonds is 21. The second-order valence-corrected chi connectivity index (χ2v) is 10.4. The predicted octanol–water partition coefficient (Wildman–Crippen LogP) is 8.91. The Hall–Kier alpha value is 0.0249. The molecule has 0 atom stereocenters. The fourth-order valence-corrected chi connectivity index (χ4v) is 5.07. The van der Waals surface area contributed by atoms with Gasteiger partial charge in [0.25, 0.3) is 0 Å². The number of hydrogen-bond donors (Lipinski definition) is 1. The fourth-order valence-electron chi connectivity index (χ4n) is 5.07. The highest BCUT2D eigenvalue weighted by Gasteiger charge is 2.22.